The van der Waals surface area contributed by atoms with Crippen molar-refractivity contribution < 1.29 is 9.53 Å². The third kappa shape index (κ3) is 3.68. The molecule has 1 saturated heterocycles. The fourth-order valence-electron chi connectivity index (χ4n) is 1.63. The van der Waals surface area contributed by atoms with Gasteiger partial charge in [-0.2, -0.15) is 0 Å². The number of thiocarbonyl (C=S) groups is 1. The van der Waals surface area contributed by atoms with Gasteiger partial charge in [0.1, 0.15) is 10.1 Å². The van der Waals surface area contributed by atoms with Gasteiger partial charge in [0.05, 0.1) is 12.0 Å². The standard InChI is InChI=1S/C14H13NO2S2/c1-9(8-12-13(16)15-14(18)19-12)7-10-3-5-11(17-2)6-4-10/h3-8H,1-2H3,(H,15,16,18). The first kappa shape index (κ1) is 13.8. The van der Waals surface area contributed by atoms with E-state index in [1.807, 2.05) is 43.3 Å². The number of methoxy groups -OCH3 is 1. The van der Waals surface area contributed by atoms with Gasteiger partial charge >= 0.3 is 0 Å². The molecule has 1 aromatic carbocycles. The normalized spacial score (nSPS) is 17.8. The molecule has 0 radical (unpaired) electrons. The molecule has 0 saturated carbocycles. The summed E-state index contributed by atoms with van der Waals surface area (Å²) in [4.78, 5) is 12.2. The van der Waals surface area contributed by atoms with Crippen LogP contribution in [0.1, 0.15) is 12.5 Å². The van der Waals surface area contributed by atoms with Gasteiger partial charge in [-0.05, 0) is 36.3 Å². The van der Waals surface area contributed by atoms with Crippen LogP contribution in [0.4, 0.5) is 0 Å². The van der Waals surface area contributed by atoms with Crippen molar-refractivity contribution in [2.75, 3.05) is 7.11 Å². The number of nitrogens with one attached hydrogen (secondary N) is 1. The molecule has 1 amide bonds. The van der Waals surface area contributed by atoms with E-state index in [0.717, 1.165) is 16.9 Å². The van der Waals surface area contributed by atoms with Gasteiger partial charge in [0, 0.05) is 0 Å². The number of allylic oxidation sites excluding steroid dienone is 2. The summed E-state index contributed by atoms with van der Waals surface area (Å²) < 4.78 is 5.61. The first-order chi connectivity index (χ1) is 9.08. The molecule has 1 N–H and O–H groups in total. The van der Waals surface area contributed by atoms with E-state index >= 15 is 0 Å². The first-order valence-electron chi connectivity index (χ1n) is 5.65. The highest BCUT2D eigenvalue weighted by Gasteiger charge is 2.21. The second kappa shape index (κ2) is 6.04. The van der Waals surface area contributed by atoms with Gasteiger partial charge < -0.3 is 10.1 Å². The number of ether oxygens (including phenoxy) is 1. The van der Waals surface area contributed by atoms with Gasteiger partial charge in [-0.25, -0.2) is 0 Å². The molecule has 5 heteroatoms. The average Bonchev–Trinajstić information content (AvgIpc) is 2.68. The minimum Gasteiger partial charge on any atom is -0.497 e. The smallest absolute Gasteiger partial charge is 0.263 e. The van der Waals surface area contributed by atoms with Gasteiger partial charge in [0.2, 0.25) is 0 Å². The van der Waals surface area contributed by atoms with Crippen LogP contribution in [0.2, 0.25) is 0 Å². The van der Waals surface area contributed by atoms with Crippen LogP contribution in [-0.4, -0.2) is 17.3 Å². The molecule has 1 aliphatic heterocycles. The van der Waals surface area contributed by atoms with Gasteiger partial charge in [-0.3, -0.25) is 4.79 Å². The number of carbonyl (C=O) groups excluding carboxylic acids is 1. The maximum absolute atomic E-state index is 11.5. The average molecular weight is 291 g/mol. The van der Waals surface area contributed by atoms with Crippen LogP contribution < -0.4 is 10.1 Å². The van der Waals surface area contributed by atoms with Crippen molar-refractivity contribution in [1.29, 1.82) is 0 Å². The number of hydrogen-bond donors (Lipinski definition) is 1. The Morgan fingerprint density at radius 2 is 2.05 bits per heavy atom. The second-order valence-electron chi connectivity index (χ2n) is 4.01. The minimum atomic E-state index is -0.127. The molecule has 0 spiro atoms. The quantitative estimate of drug-likeness (QED) is 0.686. The topological polar surface area (TPSA) is 38.3 Å². The zero-order chi connectivity index (χ0) is 13.8. The molecule has 1 aliphatic rings. The van der Waals surface area contributed by atoms with Crippen LogP contribution in [0.5, 0.6) is 5.75 Å². The van der Waals surface area contributed by atoms with Crippen molar-refractivity contribution in [2.45, 2.75) is 6.92 Å². The third-order valence-corrected chi connectivity index (χ3v) is 3.67. The number of thioether (sulfide) groups is 1. The Kier molecular flexibility index (Phi) is 4.39. The highest BCUT2D eigenvalue weighted by atomic mass is 32.2. The van der Waals surface area contributed by atoms with E-state index in [2.05, 4.69) is 5.32 Å². The fourth-order valence-corrected chi connectivity index (χ4v) is 2.73. The van der Waals surface area contributed by atoms with Crippen LogP contribution in [0.15, 0.2) is 40.8 Å². The summed E-state index contributed by atoms with van der Waals surface area (Å²) >= 11 is 6.23. The van der Waals surface area contributed by atoms with Crippen molar-refractivity contribution >= 4 is 40.3 Å². The zero-order valence-electron chi connectivity index (χ0n) is 10.6. The summed E-state index contributed by atoms with van der Waals surface area (Å²) in [6.07, 6.45) is 3.84. The Labute approximate surface area is 121 Å². The van der Waals surface area contributed by atoms with E-state index in [1.54, 1.807) is 7.11 Å². The number of benzene rings is 1. The summed E-state index contributed by atoms with van der Waals surface area (Å²) in [7, 11) is 1.64. The predicted octanol–water partition coefficient (Wildman–Crippen LogP) is 3.13. The van der Waals surface area contributed by atoms with Gasteiger partial charge in [-0.1, -0.05) is 42.2 Å². The van der Waals surface area contributed by atoms with Gasteiger partial charge in [-0.15, -0.1) is 0 Å². The number of amides is 1. The van der Waals surface area contributed by atoms with Crippen LogP contribution >= 0.6 is 24.0 Å². The lowest BCUT2D eigenvalue weighted by molar-refractivity contribution is -0.115. The van der Waals surface area contributed by atoms with Gasteiger partial charge in [0.15, 0.2) is 0 Å². The predicted molar refractivity (Wildman–Crippen MR) is 83.1 cm³/mol. The molecule has 3 nitrogen and oxygen atoms in total. The van der Waals surface area contributed by atoms with E-state index in [1.165, 1.54) is 11.8 Å². The lowest BCUT2D eigenvalue weighted by Gasteiger charge is -2.00. The van der Waals surface area contributed by atoms with Crippen molar-refractivity contribution in [3.05, 3.63) is 46.4 Å². The summed E-state index contributed by atoms with van der Waals surface area (Å²) in [5.74, 6) is 0.696. The lowest BCUT2D eigenvalue weighted by Crippen LogP contribution is -2.17. The van der Waals surface area contributed by atoms with Gasteiger partial charge in [0.25, 0.3) is 5.91 Å². The van der Waals surface area contributed by atoms with Crippen LogP contribution in [-0.2, 0) is 4.79 Å². The summed E-state index contributed by atoms with van der Waals surface area (Å²) in [6.45, 7) is 1.95. The van der Waals surface area contributed by atoms with Crippen LogP contribution in [0.3, 0.4) is 0 Å². The highest BCUT2D eigenvalue weighted by Crippen LogP contribution is 2.25. The minimum absolute atomic E-state index is 0.127. The van der Waals surface area contributed by atoms with Crippen LogP contribution in [0, 0.1) is 0 Å². The Morgan fingerprint density at radius 1 is 1.37 bits per heavy atom. The summed E-state index contributed by atoms with van der Waals surface area (Å²) in [5.41, 5.74) is 2.05. The number of rotatable bonds is 3. The van der Waals surface area contributed by atoms with E-state index in [0.29, 0.717) is 9.23 Å². The van der Waals surface area contributed by atoms with E-state index < -0.39 is 0 Å². The van der Waals surface area contributed by atoms with Crippen molar-refractivity contribution in [3.63, 3.8) is 0 Å². The monoisotopic (exact) mass is 291 g/mol. The largest absolute Gasteiger partial charge is 0.497 e. The SMILES string of the molecule is COc1ccc(C=C(C)C=C2SC(=S)NC2=O)cc1. The molecule has 98 valence electrons. The molecule has 1 heterocycles. The highest BCUT2D eigenvalue weighted by molar-refractivity contribution is 8.26. The molecule has 2 rings (SSSR count). The summed E-state index contributed by atoms with van der Waals surface area (Å²) in [5, 5.41) is 2.59. The van der Waals surface area contributed by atoms with Crippen LogP contribution in [0.25, 0.3) is 6.08 Å². The summed E-state index contributed by atoms with van der Waals surface area (Å²) in [6, 6.07) is 7.73. The Balaban J connectivity index is 2.16. The van der Waals surface area contributed by atoms with Crippen molar-refractivity contribution in [1.82, 2.24) is 5.32 Å². The van der Waals surface area contributed by atoms with E-state index in [-0.39, 0.29) is 5.91 Å². The Hall–Kier alpha value is -1.59. The van der Waals surface area contributed by atoms with E-state index in [9.17, 15) is 4.79 Å². The molecular formula is C14H13NO2S2. The molecule has 0 unspecified atom stereocenters. The van der Waals surface area contributed by atoms with Crippen molar-refractivity contribution in [2.24, 2.45) is 0 Å². The second-order valence-corrected chi connectivity index (χ2v) is 5.73. The molecule has 0 aliphatic carbocycles. The number of hydrogen-bond acceptors (Lipinski definition) is 4. The molecule has 1 aromatic rings. The first-order valence-corrected chi connectivity index (χ1v) is 6.88. The lowest BCUT2D eigenvalue weighted by atomic mass is 10.1. The maximum Gasteiger partial charge on any atom is 0.263 e. The fraction of sp³-hybridized carbons (Fsp3) is 0.143. The Morgan fingerprint density at radius 3 is 2.58 bits per heavy atom. The molecular weight excluding hydrogens is 278 g/mol. The Bertz CT molecular complexity index is 574. The van der Waals surface area contributed by atoms with Crippen molar-refractivity contribution in [3.8, 4) is 5.75 Å². The molecule has 19 heavy (non-hydrogen) atoms. The van der Waals surface area contributed by atoms with E-state index in [4.69, 9.17) is 17.0 Å². The molecule has 0 bridgehead atoms. The molecule has 0 aromatic heterocycles. The maximum atomic E-state index is 11.5. The zero-order valence-corrected chi connectivity index (χ0v) is 12.2. The molecule has 1 fully saturated rings. The molecule has 0 atom stereocenters. The number of carbonyl (C=O) groups is 1. The third-order valence-electron chi connectivity index (χ3n) is 2.51.